The molecule has 2 aliphatic rings. The Morgan fingerprint density at radius 1 is 1.23 bits per heavy atom. The van der Waals surface area contributed by atoms with Gasteiger partial charge in [-0.3, -0.25) is 4.90 Å². The summed E-state index contributed by atoms with van der Waals surface area (Å²) in [6.07, 6.45) is 10.4. The normalized spacial score (nSPS) is 22.5. The molecule has 26 heavy (non-hydrogen) atoms. The minimum absolute atomic E-state index is 0.133. The third-order valence-electron chi connectivity index (χ3n) is 4.85. The maximum atomic E-state index is 12.5. The van der Waals surface area contributed by atoms with E-state index in [0.717, 1.165) is 51.1 Å². The van der Waals surface area contributed by atoms with E-state index in [2.05, 4.69) is 50.8 Å². The van der Waals surface area contributed by atoms with Gasteiger partial charge in [0.15, 0.2) is 6.29 Å². The molecule has 1 saturated heterocycles. The van der Waals surface area contributed by atoms with E-state index in [1.165, 1.54) is 17.5 Å². The minimum Gasteiger partial charge on any atom is -0.351 e. The molecule has 1 unspecified atom stereocenters. The van der Waals surface area contributed by atoms with E-state index in [1.54, 1.807) is 0 Å². The van der Waals surface area contributed by atoms with Gasteiger partial charge in [0.25, 0.3) is 0 Å². The van der Waals surface area contributed by atoms with Crippen molar-refractivity contribution in [3.63, 3.8) is 0 Å². The third-order valence-corrected chi connectivity index (χ3v) is 4.85. The monoisotopic (exact) mass is 356 g/mol. The van der Waals surface area contributed by atoms with Crippen LogP contribution in [0.1, 0.15) is 19.8 Å². The fraction of sp³-hybridized carbons (Fsp3) is 0.429. The van der Waals surface area contributed by atoms with Crippen LogP contribution < -0.4 is 15.5 Å². The van der Waals surface area contributed by atoms with Crippen molar-refractivity contribution in [1.29, 1.82) is 0 Å². The highest BCUT2D eigenvalue weighted by molar-refractivity contribution is 5.76. The van der Waals surface area contributed by atoms with Crippen molar-refractivity contribution in [3.8, 4) is 0 Å². The lowest BCUT2D eigenvalue weighted by molar-refractivity contribution is 0.200. The number of nitrogens with zero attached hydrogens (tertiary/aromatic N) is 2. The number of rotatable bonds is 5. The topological polar surface area (TPSA) is 30.5 Å². The summed E-state index contributed by atoms with van der Waals surface area (Å²) >= 11 is 0. The summed E-state index contributed by atoms with van der Waals surface area (Å²) in [7, 11) is 0. The molecule has 1 fully saturated rings. The molecular weight excluding hydrogens is 327 g/mol. The summed E-state index contributed by atoms with van der Waals surface area (Å²) in [6.45, 7) is 6.98. The molecule has 3 rings (SSSR count). The number of nitrogens with one attached hydrogen (secondary N) is 2. The van der Waals surface area contributed by atoms with Gasteiger partial charge in [-0.05, 0) is 56.6 Å². The summed E-state index contributed by atoms with van der Waals surface area (Å²) in [5.41, 5.74) is 3.45. The molecule has 0 aliphatic carbocycles. The molecule has 2 heterocycles. The van der Waals surface area contributed by atoms with Crippen molar-refractivity contribution < 1.29 is 4.39 Å². The van der Waals surface area contributed by atoms with E-state index >= 15 is 0 Å². The van der Waals surface area contributed by atoms with Crippen LogP contribution in [0.3, 0.4) is 0 Å². The smallest absolute Gasteiger partial charge is 0.158 e. The maximum Gasteiger partial charge on any atom is 0.158 e. The Morgan fingerprint density at radius 3 is 2.73 bits per heavy atom. The van der Waals surface area contributed by atoms with Gasteiger partial charge < -0.3 is 15.5 Å². The quantitative estimate of drug-likeness (QED) is 0.784. The van der Waals surface area contributed by atoms with Crippen molar-refractivity contribution in [2.45, 2.75) is 26.1 Å². The molecule has 4 nitrogen and oxygen atoms in total. The molecular formula is C21H29FN4. The zero-order valence-electron chi connectivity index (χ0n) is 15.5. The van der Waals surface area contributed by atoms with Gasteiger partial charge in [-0.2, -0.15) is 0 Å². The second-order valence-corrected chi connectivity index (χ2v) is 6.72. The minimum atomic E-state index is 0.133. The van der Waals surface area contributed by atoms with Crippen LogP contribution in [0.4, 0.5) is 15.8 Å². The highest BCUT2D eigenvalue weighted by Crippen LogP contribution is 2.36. The Balaban J connectivity index is 1.85. The Kier molecular flexibility index (Phi) is 6.86. The number of benzene rings is 1. The van der Waals surface area contributed by atoms with E-state index in [-0.39, 0.29) is 6.29 Å². The van der Waals surface area contributed by atoms with E-state index < -0.39 is 0 Å². The van der Waals surface area contributed by atoms with Crippen molar-refractivity contribution in [2.75, 3.05) is 42.9 Å². The first-order valence-electron chi connectivity index (χ1n) is 9.49. The highest BCUT2D eigenvalue weighted by atomic mass is 19.1. The van der Waals surface area contributed by atoms with Crippen LogP contribution in [0.25, 0.3) is 0 Å². The number of hydrogen-bond acceptors (Lipinski definition) is 4. The molecule has 1 atom stereocenters. The summed E-state index contributed by atoms with van der Waals surface area (Å²) in [5, 5.41) is 7.17. The molecule has 0 aromatic heterocycles. The van der Waals surface area contributed by atoms with Gasteiger partial charge in [0.1, 0.15) is 0 Å². The molecule has 2 aliphatic heterocycles. The number of anilines is 2. The summed E-state index contributed by atoms with van der Waals surface area (Å²) in [5.74, 6) is 0. The number of halogens is 1. The second kappa shape index (κ2) is 9.55. The van der Waals surface area contributed by atoms with Crippen LogP contribution in [-0.2, 0) is 0 Å². The van der Waals surface area contributed by atoms with E-state index in [9.17, 15) is 4.39 Å². The second-order valence-electron chi connectivity index (χ2n) is 6.72. The Hall–Kier alpha value is -2.11. The fourth-order valence-electron chi connectivity index (χ4n) is 3.68. The lowest BCUT2D eigenvalue weighted by Crippen LogP contribution is -2.52. The highest BCUT2D eigenvalue weighted by Gasteiger charge is 2.32. The molecule has 140 valence electrons. The number of hydrogen-bond donors (Lipinski definition) is 2. The first-order valence-corrected chi connectivity index (χ1v) is 9.49. The Labute approximate surface area is 156 Å². The Bertz CT molecular complexity index is 660. The van der Waals surface area contributed by atoms with Gasteiger partial charge >= 0.3 is 0 Å². The van der Waals surface area contributed by atoms with E-state index in [1.807, 2.05) is 19.1 Å². The van der Waals surface area contributed by atoms with Crippen LogP contribution in [0.15, 0.2) is 60.5 Å². The van der Waals surface area contributed by atoms with Crippen molar-refractivity contribution >= 4 is 11.4 Å². The van der Waals surface area contributed by atoms with Crippen molar-refractivity contribution in [2.24, 2.45) is 0 Å². The SMILES string of the molecule is C\C=C/C(=C\C=C\F)CN1c2ccccc2NC1N1CCCNCCC1. The van der Waals surface area contributed by atoms with Crippen molar-refractivity contribution in [3.05, 3.63) is 60.5 Å². The summed E-state index contributed by atoms with van der Waals surface area (Å²) < 4.78 is 12.5. The van der Waals surface area contributed by atoms with Gasteiger partial charge in [0.2, 0.25) is 0 Å². The standard InChI is InChI=1S/C21H29FN4/c1-2-8-18(9-5-12-22)17-26-20-11-4-3-10-19(20)24-21(26)25-15-6-13-23-14-7-16-25/h2-5,8-12,21,23-24H,6-7,13-17H2,1H3/b8-2-,12-5+,18-9+. The Morgan fingerprint density at radius 2 is 2.00 bits per heavy atom. The lowest BCUT2D eigenvalue weighted by Gasteiger charge is -2.37. The van der Waals surface area contributed by atoms with Crippen LogP contribution in [0.5, 0.6) is 0 Å². The van der Waals surface area contributed by atoms with Crippen LogP contribution >= 0.6 is 0 Å². The fourth-order valence-corrected chi connectivity index (χ4v) is 3.68. The van der Waals surface area contributed by atoms with Crippen LogP contribution in [0, 0.1) is 0 Å². The molecule has 0 saturated carbocycles. The van der Waals surface area contributed by atoms with E-state index in [0.29, 0.717) is 6.33 Å². The zero-order chi connectivity index (χ0) is 18.2. The zero-order valence-corrected chi connectivity index (χ0v) is 15.5. The van der Waals surface area contributed by atoms with Gasteiger partial charge in [0, 0.05) is 19.6 Å². The molecule has 2 N–H and O–H groups in total. The van der Waals surface area contributed by atoms with Crippen molar-refractivity contribution in [1.82, 2.24) is 10.2 Å². The van der Waals surface area contributed by atoms with Crippen LogP contribution in [0.2, 0.25) is 0 Å². The van der Waals surface area contributed by atoms with Gasteiger partial charge in [-0.15, -0.1) is 0 Å². The molecule has 0 spiro atoms. The molecule has 1 aromatic rings. The third kappa shape index (κ3) is 4.54. The van der Waals surface area contributed by atoms with Gasteiger partial charge in [-0.25, -0.2) is 4.39 Å². The predicted molar refractivity (Wildman–Crippen MR) is 108 cm³/mol. The maximum absolute atomic E-state index is 12.5. The molecule has 0 bridgehead atoms. The average Bonchev–Trinajstić information content (AvgIpc) is 2.98. The first kappa shape index (κ1) is 18.7. The largest absolute Gasteiger partial charge is 0.351 e. The van der Waals surface area contributed by atoms with Gasteiger partial charge in [-0.1, -0.05) is 30.4 Å². The van der Waals surface area contributed by atoms with E-state index in [4.69, 9.17) is 0 Å². The number of para-hydroxylation sites is 2. The number of allylic oxidation sites excluding steroid dienone is 3. The molecule has 0 radical (unpaired) electrons. The lowest BCUT2D eigenvalue weighted by atomic mass is 10.2. The first-order chi connectivity index (χ1) is 12.8. The summed E-state index contributed by atoms with van der Waals surface area (Å²) in [6, 6.07) is 8.44. The van der Waals surface area contributed by atoms with Gasteiger partial charge in [0.05, 0.1) is 17.7 Å². The molecule has 0 amide bonds. The number of fused-ring (bicyclic) bond motifs is 1. The molecule has 5 heteroatoms. The predicted octanol–water partition coefficient (Wildman–Crippen LogP) is 3.87. The van der Waals surface area contributed by atoms with Crippen LogP contribution in [-0.4, -0.2) is 43.9 Å². The average molecular weight is 356 g/mol. The molecule has 1 aromatic carbocycles. The summed E-state index contributed by atoms with van der Waals surface area (Å²) in [4.78, 5) is 4.92.